The first kappa shape index (κ1) is 12.1. The summed E-state index contributed by atoms with van der Waals surface area (Å²) in [5, 5.41) is 19.7. The first-order valence-electron chi connectivity index (χ1n) is 5.00. The zero-order chi connectivity index (χ0) is 12.3. The summed E-state index contributed by atoms with van der Waals surface area (Å²) in [6.07, 6.45) is 3.04. The Morgan fingerprint density at radius 3 is 3.06 bits per heavy atom. The van der Waals surface area contributed by atoms with E-state index in [0.717, 1.165) is 10.1 Å². The summed E-state index contributed by atoms with van der Waals surface area (Å²) in [5.41, 5.74) is -0.819. The van der Waals surface area contributed by atoms with Gasteiger partial charge in [0.2, 0.25) is 11.0 Å². The lowest BCUT2D eigenvalue weighted by atomic mass is 10.1. The first-order chi connectivity index (χ1) is 8.20. The van der Waals surface area contributed by atoms with Crippen LogP contribution in [0.2, 0.25) is 0 Å². The Morgan fingerprint density at radius 2 is 2.47 bits per heavy atom. The van der Waals surface area contributed by atoms with Crippen LogP contribution in [0.1, 0.15) is 12.8 Å². The maximum Gasteiger partial charge on any atom is 0.246 e. The summed E-state index contributed by atoms with van der Waals surface area (Å²) >= 11 is 2.81. The number of carbonyl (C=O) groups is 1. The molecular formula is C10H10N4OS2. The van der Waals surface area contributed by atoms with Crippen LogP contribution in [-0.2, 0) is 4.79 Å². The minimum absolute atomic E-state index is 0.267. The lowest BCUT2D eigenvalue weighted by Crippen LogP contribution is -2.22. The smallest absolute Gasteiger partial charge is 0.246 e. The molecule has 1 aromatic rings. The van der Waals surface area contributed by atoms with E-state index < -0.39 is 5.41 Å². The Bertz CT molecular complexity index is 487. The van der Waals surface area contributed by atoms with Crippen LogP contribution in [0.3, 0.4) is 0 Å². The first-order valence-corrected chi connectivity index (χ1v) is 6.80. The molecule has 17 heavy (non-hydrogen) atoms. The maximum atomic E-state index is 11.7. The number of rotatable bonds is 5. The molecule has 0 spiro atoms. The molecule has 0 unspecified atom stereocenters. The van der Waals surface area contributed by atoms with Gasteiger partial charge in [0, 0.05) is 5.75 Å². The molecule has 1 heterocycles. The molecule has 1 aromatic heterocycles. The van der Waals surface area contributed by atoms with E-state index in [0.29, 0.717) is 18.0 Å². The lowest BCUT2D eigenvalue weighted by molar-refractivity contribution is -0.119. The summed E-state index contributed by atoms with van der Waals surface area (Å²) in [7, 11) is 0. The second kappa shape index (κ2) is 4.85. The largest absolute Gasteiger partial charge is 0.299 e. The minimum atomic E-state index is -0.819. The molecule has 0 atom stereocenters. The molecule has 1 saturated carbocycles. The van der Waals surface area contributed by atoms with Crippen molar-refractivity contribution in [2.75, 3.05) is 11.1 Å². The van der Waals surface area contributed by atoms with Gasteiger partial charge in [0.1, 0.15) is 5.41 Å². The maximum absolute atomic E-state index is 11.7. The number of hydrogen-bond acceptors (Lipinski definition) is 6. The van der Waals surface area contributed by atoms with Crippen molar-refractivity contribution >= 4 is 34.1 Å². The number of nitriles is 1. The Kier molecular flexibility index (Phi) is 3.45. The van der Waals surface area contributed by atoms with Crippen molar-refractivity contribution in [3.8, 4) is 6.07 Å². The van der Waals surface area contributed by atoms with E-state index in [4.69, 9.17) is 5.26 Å². The zero-order valence-corrected chi connectivity index (χ0v) is 10.6. The number of anilines is 1. The van der Waals surface area contributed by atoms with Gasteiger partial charge < -0.3 is 0 Å². The molecule has 1 aliphatic rings. The third kappa shape index (κ3) is 2.65. The molecule has 7 heteroatoms. The van der Waals surface area contributed by atoms with Gasteiger partial charge in [-0.2, -0.15) is 5.26 Å². The fourth-order valence-electron chi connectivity index (χ4n) is 1.18. The van der Waals surface area contributed by atoms with Crippen LogP contribution in [0.5, 0.6) is 0 Å². The molecule has 2 rings (SSSR count). The molecule has 1 amide bonds. The lowest BCUT2D eigenvalue weighted by Gasteiger charge is -2.03. The molecule has 0 aromatic carbocycles. The third-order valence-electron chi connectivity index (χ3n) is 2.35. The molecule has 0 bridgehead atoms. The minimum Gasteiger partial charge on any atom is -0.299 e. The molecule has 5 nitrogen and oxygen atoms in total. The SMILES string of the molecule is C=CCSc1nnc(NC(=O)C2(C#N)CC2)s1. The van der Waals surface area contributed by atoms with E-state index >= 15 is 0 Å². The number of hydrogen-bond donors (Lipinski definition) is 1. The summed E-state index contributed by atoms with van der Waals surface area (Å²) in [4.78, 5) is 11.7. The van der Waals surface area contributed by atoms with Gasteiger partial charge in [-0.05, 0) is 12.8 Å². The van der Waals surface area contributed by atoms with Crippen molar-refractivity contribution in [1.82, 2.24) is 10.2 Å². The number of thioether (sulfide) groups is 1. The molecule has 1 fully saturated rings. The zero-order valence-electron chi connectivity index (χ0n) is 8.97. The number of aromatic nitrogens is 2. The van der Waals surface area contributed by atoms with Gasteiger partial charge in [0.25, 0.3) is 0 Å². The monoisotopic (exact) mass is 266 g/mol. The summed E-state index contributed by atoms with van der Waals surface area (Å²) in [5.74, 6) is 0.487. The number of nitrogens with one attached hydrogen (secondary N) is 1. The van der Waals surface area contributed by atoms with Crippen LogP contribution >= 0.6 is 23.1 Å². The predicted molar refractivity (Wildman–Crippen MR) is 66.7 cm³/mol. The van der Waals surface area contributed by atoms with Crippen LogP contribution in [0.4, 0.5) is 5.13 Å². The van der Waals surface area contributed by atoms with E-state index in [9.17, 15) is 4.79 Å². The van der Waals surface area contributed by atoms with Gasteiger partial charge >= 0.3 is 0 Å². The van der Waals surface area contributed by atoms with Gasteiger partial charge in [-0.3, -0.25) is 10.1 Å². The second-order valence-electron chi connectivity index (χ2n) is 3.62. The highest BCUT2D eigenvalue weighted by Gasteiger charge is 2.50. The Morgan fingerprint density at radius 1 is 1.71 bits per heavy atom. The van der Waals surface area contributed by atoms with Crippen molar-refractivity contribution in [1.29, 1.82) is 5.26 Å². The fourth-order valence-corrected chi connectivity index (χ4v) is 2.69. The van der Waals surface area contributed by atoms with E-state index in [1.807, 2.05) is 6.07 Å². The molecular weight excluding hydrogens is 256 g/mol. The Balaban J connectivity index is 1.95. The van der Waals surface area contributed by atoms with Crippen molar-refractivity contribution in [3.63, 3.8) is 0 Å². The van der Waals surface area contributed by atoms with E-state index in [2.05, 4.69) is 22.1 Å². The number of carbonyl (C=O) groups excluding carboxylic acids is 1. The predicted octanol–water partition coefficient (Wildman–Crippen LogP) is 2.06. The Hall–Kier alpha value is -1.39. The van der Waals surface area contributed by atoms with Crippen molar-refractivity contribution in [2.24, 2.45) is 5.41 Å². The van der Waals surface area contributed by atoms with Gasteiger partial charge in [-0.15, -0.1) is 16.8 Å². The van der Waals surface area contributed by atoms with Gasteiger partial charge in [-0.25, -0.2) is 0 Å². The summed E-state index contributed by atoms with van der Waals surface area (Å²) < 4.78 is 0.780. The van der Waals surface area contributed by atoms with Gasteiger partial charge in [0.15, 0.2) is 4.34 Å². The molecule has 0 saturated heterocycles. The third-order valence-corrected chi connectivity index (χ3v) is 4.32. The number of nitrogens with zero attached hydrogens (tertiary/aromatic N) is 3. The van der Waals surface area contributed by atoms with Gasteiger partial charge in [0.05, 0.1) is 6.07 Å². The molecule has 1 N–H and O–H groups in total. The fraction of sp³-hybridized carbons (Fsp3) is 0.400. The molecule has 1 aliphatic carbocycles. The molecule has 0 aliphatic heterocycles. The normalized spacial score (nSPS) is 15.9. The highest BCUT2D eigenvalue weighted by atomic mass is 32.2. The van der Waals surface area contributed by atoms with E-state index in [-0.39, 0.29) is 5.91 Å². The standard InChI is InChI=1S/C10H10N4OS2/c1-2-5-16-9-14-13-8(17-9)12-7(15)10(6-11)3-4-10/h2H,1,3-5H2,(H,12,13,15). The summed E-state index contributed by atoms with van der Waals surface area (Å²) in [6, 6.07) is 2.04. The van der Waals surface area contributed by atoms with Crippen LogP contribution in [0.25, 0.3) is 0 Å². The van der Waals surface area contributed by atoms with Crippen molar-refractivity contribution in [3.05, 3.63) is 12.7 Å². The Labute approximate surface area is 107 Å². The van der Waals surface area contributed by atoms with Crippen molar-refractivity contribution in [2.45, 2.75) is 17.2 Å². The second-order valence-corrected chi connectivity index (χ2v) is 5.87. The highest BCUT2D eigenvalue weighted by Crippen LogP contribution is 2.45. The van der Waals surface area contributed by atoms with Crippen LogP contribution in [0, 0.1) is 16.7 Å². The topological polar surface area (TPSA) is 78.7 Å². The van der Waals surface area contributed by atoms with E-state index in [1.54, 1.807) is 6.08 Å². The van der Waals surface area contributed by atoms with Crippen LogP contribution < -0.4 is 5.32 Å². The van der Waals surface area contributed by atoms with Crippen molar-refractivity contribution < 1.29 is 4.79 Å². The quantitative estimate of drug-likeness (QED) is 0.501. The van der Waals surface area contributed by atoms with E-state index in [1.165, 1.54) is 23.1 Å². The molecule has 0 radical (unpaired) electrons. The van der Waals surface area contributed by atoms with Gasteiger partial charge in [-0.1, -0.05) is 29.2 Å². The van der Waals surface area contributed by atoms with Crippen LogP contribution in [0.15, 0.2) is 17.0 Å². The average Bonchev–Trinajstić information content (AvgIpc) is 3.03. The number of amides is 1. The highest BCUT2D eigenvalue weighted by molar-refractivity contribution is 8.01. The molecule has 88 valence electrons. The van der Waals surface area contributed by atoms with Crippen LogP contribution in [-0.4, -0.2) is 21.9 Å². The average molecular weight is 266 g/mol. The summed E-state index contributed by atoms with van der Waals surface area (Å²) in [6.45, 7) is 3.61.